The molecule has 21 nitrogen and oxygen atoms in total. The van der Waals surface area contributed by atoms with Crippen molar-refractivity contribution in [2.45, 2.75) is 159 Å². The van der Waals surface area contributed by atoms with Gasteiger partial charge in [0.1, 0.15) is 60.7 Å². The molecule has 3 fully saturated rings. The van der Waals surface area contributed by atoms with E-state index in [1.165, 1.54) is 25.8 Å². The average Bonchev–Trinajstić information content (AvgIpc) is 3.84. The molecule has 5 rings (SSSR count). The zero-order valence-electron chi connectivity index (χ0n) is 41.2. The molecule has 3 aliphatic heterocycles. The van der Waals surface area contributed by atoms with E-state index in [-0.39, 0.29) is 44.4 Å². The summed E-state index contributed by atoms with van der Waals surface area (Å²) in [6.07, 6.45) is -3.40. The molecule has 388 valence electrons. The first-order chi connectivity index (χ1) is 33.8. The standard InChI is InChI=1S/C50H70N8O13/c1-7-15-38(61)57-25-14-20-36(57)45(65)53-35(27-59)44(64)55-41-30(5)71-50(70)40(28(2)3)54-46(66)37(26-32-18-12-9-13-19-32)56(6)49(69)42(29(4)60)58-39(62)24-23-34(48(58)68)52-43(63)33(51-47(41)67)22-21-31-16-10-8-11-17-31/h8-13,16-19,28-30,33-37,39-42,59-60,62H,7,14-15,20-27H2,1-6H3,(H,51,67)(H,52,63)(H,53,65)(H,54,66)(H,55,64)/t29-,30-,33+,34+,35+,36+,37+,39-,40+,41+,42+/m1/s1. The summed E-state index contributed by atoms with van der Waals surface area (Å²) in [6.45, 7) is 6.95. The number of hydrogen-bond donors (Lipinski definition) is 8. The van der Waals surface area contributed by atoms with Gasteiger partial charge in [-0.3, -0.25) is 38.4 Å². The smallest absolute Gasteiger partial charge is 0.329 e. The van der Waals surface area contributed by atoms with Crippen molar-refractivity contribution in [3.05, 3.63) is 71.8 Å². The largest absolute Gasteiger partial charge is 0.458 e. The van der Waals surface area contributed by atoms with Crippen LogP contribution in [0.3, 0.4) is 0 Å². The first-order valence-electron chi connectivity index (χ1n) is 24.4. The lowest BCUT2D eigenvalue weighted by Crippen LogP contribution is -2.67. The number of nitrogens with one attached hydrogen (secondary N) is 5. The van der Waals surface area contributed by atoms with E-state index >= 15 is 0 Å². The number of amides is 8. The highest BCUT2D eigenvalue weighted by Gasteiger charge is 2.47. The summed E-state index contributed by atoms with van der Waals surface area (Å²) in [6, 6.07) is 5.75. The van der Waals surface area contributed by atoms with Crippen LogP contribution in [-0.2, 0) is 60.7 Å². The number of nitrogens with zero attached hydrogens (tertiary/aromatic N) is 3. The van der Waals surface area contributed by atoms with Gasteiger partial charge in [-0.1, -0.05) is 81.4 Å². The number of piperidine rings is 1. The Morgan fingerprint density at radius 2 is 1.49 bits per heavy atom. The van der Waals surface area contributed by atoms with E-state index < -0.39 is 127 Å². The molecule has 21 heteroatoms. The predicted molar refractivity (Wildman–Crippen MR) is 256 cm³/mol. The number of ether oxygens (including phenoxy) is 1. The van der Waals surface area contributed by atoms with Crippen molar-refractivity contribution in [3.8, 4) is 0 Å². The zero-order valence-corrected chi connectivity index (χ0v) is 41.2. The highest BCUT2D eigenvalue weighted by atomic mass is 16.5. The van der Waals surface area contributed by atoms with Gasteiger partial charge >= 0.3 is 5.97 Å². The molecule has 3 aliphatic rings. The van der Waals surface area contributed by atoms with E-state index in [0.717, 1.165) is 15.4 Å². The molecule has 8 amide bonds. The van der Waals surface area contributed by atoms with Crippen LogP contribution in [0.4, 0.5) is 0 Å². The van der Waals surface area contributed by atoms with Crippen LogP contribution in [-0.4, -0.2) is 170 Å². The Morgan fingerprint density at radius 3 is 2.10 bits per heavy atom. The molecule has 71 heavy (non-hydrogen) atoms. The number of rotatable bonds is 14. The van der Waals surface area contributed by atoms with Gasteiger partial charge < -0.3 is 61.3 Å². The van der Waals surface area contributed by atoms with Crippen molar-refractivity contribution in [2.75, 3.05) is 20.2 Å². The number of likely N-dealkylation sites (N-methyl/N-ethyl adjacent to an activating group) is 1. The minimum atomic E-state index is -1.83. The van der Waals surface area contributed by atoms with Crippen molar-refractivity contribution in [2.24, 2.45) is 5.92 Å². The van der Waals surface area contributed by atoms with Crippen molar-refractivity contribution < 1.29 is 63.2 Å². The maximum absolute atomic E-state index is 14.7. The van der Waals surface area contributed by atoms with Crippen LogP contribution in [0.2, 0.25) is 0 Å². The van der Waals surface area contributed by atoms with Gasteiger partial charge in [0, 0.05) is 26.4 Å². The second kappa shape index (κ2) is 25.6. The molecular formula is C50H70N8O13. The Labute approximate surface area is 413 Å². The number of fused-ring (bicyclic) bond motifs is 2. The van der Waals surface area contributed by atoms with E-state index in [4.69, 9.17) is 4.74 Å². The molecule has 3 heterocycles. The molecule has 0 aromatic heterocycles. The van der Waals surface area contributed by atoms with Crippen molar-refractivity contribution in [1.29, 1.82) is 0 Å². The quantitative estimate of drug-likeness (QED) is 0.108. The highest BCUT2D eigenvalue weighted by molar-refractivity contribution is 5.99. The number of cyclic esters (lactones) is 1. The Balaban J connectivity index is 1.56. The van der Waals surface area contributed by atoms with E-state index in [0.29, 0.717) is 31.4 Å². The fraction of sp³-hybridized carbons (Fsp3) is 0.580. The SMILES string of the molecule is CCCC(=O)N1CCC[C@H]1C(=O)N[C@@H](CO)C(=O)N[C@@H]1C(=O)N[C@@H](CCc2ccccc2)C(=O)N[C@H]2CC[C@@H](O)N(C2=O)[C@@H]([C@@H](C)O)C(=O)N(C)[C@@H](Cc2ccccc2)C(=O)N[C@@H](C(C)C)C(=O)O[C@@H]1C. The van der Waals surface area contributed by atoms with Crippen LogP contribution in [0, 0.1) is 5.92 Å². The summed E-state index contributed by atoms with van der Waals surface area (Å²) in [7, 11) is 1.29. The first kappa shape index (κ1) is 55.5. The fourth-order valence-corrected chi connectivity index (χ4v) is 9.16. The molecule has 2 bridgehead atoms. The van der Waals surface area contributed by atoms with Gasteiger partial charge in [-0.25, -0.2) is 4.79 Å². The zero-order chi connectivity index (χ0) is 52.1. The summed E-state index contributed by atoms with van der Waals surface area (Å²) in [5.74, 6) is -8.39. The number of aryl methyl sites for hydroxylation is 1. The summed E-state index contributed by atoms with van der Waals surface area (Å²) in [5.41, 5.74) is 1.37. The lowest BCUT2D eigenvalue weighted by Gasteiger charge is -2.43. The monoisotopic (exact) mass is 991 g/mol. The fourth-order valence-electron chi connectivity index (χ4n) is 9.16. The number of aliphatic hydroxyl groups is 3. The van der Waals surface area contributed by atoms with Gasteiger partial charge in [-0.05, 0) is 75.8 Å². The third kappa shape index (κ3) is 14.1. The first-order valence-corrected chi connectivity index (χ1v) is 24.4. The summed E-state index contributed by atoms with van der Waals surface area (Å²) >= 11 is 0. The van der Waals surface area contributed by atoms with E-state index in [9.17, 15) is 58.5 Å². The number of aliphatic hydroxyl groups excluding tert-OH is 3. The molecule has 0 aliphatic carbocycles. The topological polar surface area (TPSA) is 293 Å². The lowest BCUT2D eigenvalue weighted by atomic mass is 9.96. The second-order valence-electron chi connectivity index (χ2n) is 18.9. The van der Waals surface area contributed by atoms with Crippen LogP contribution in [0.15, 0.2) is 60.7 Å². The second-order valence-corrected chi connectivity index (χ2v) is 18.9. The highest BCUT2D eigenvalue weighted by Crippen LogP contribution is 2.25. The van der Waals surface area contributed by atoms with Gasteiger partial charge in [0.25, 0.3) is 0 Å². The van der Waals surface area contributed by atoms with Crippen LogP contribution in [0.5, 0.6) is 0 Å². The Kier molecular flexibility index (Phi) is 20.0. The van der Waals surface area contributed by atoms with E-state index in [2.05, 4.69) is 26.6 Å². The molecule has 2 aromatic carbocycles. The van der Waals surface area contributed by atoms with Crippen LogP contribution in [0.1, 0.15) is 90.7 Å². The predicted octanol–water partition coefficient (Wildman–Crippen LogP) is -0.812. The number of hydrogen-bond acceptors (Lipinski definition) is 13. The number of carbonyl (C=O) groups is 9. The Morgan fingerprint density at radius 1 is 0.845 bits per heavy atom. The molecule has 3 saturated heterocycles. The molecule has 11 atom stereocenters. The van der Waals surface area contributed by atoms with Gasteiger partial charge in [0.2, 0.25) is 47.3 Å². The minimum absolute atomic E-state index is 0.0720. The lowest BCUT2D eigenvalue weighted by molar-refractivity contribution is -0.170. The molecule has 0 unspecified atom stereocenters. The van der Waals surface area contributed by atoms with Crippen molar-refractivity contribution in [1.82, 2.24) is 41.3 Å². The van der Waals surface area contributed by atoms with Gasteiger partial charge in [0.15, 0.2) is 0 Å². The molecule has 0 saturated carbocycles. The summed E-state index contributed by atoms with van der Waals surface area (Å²) in [4.78, 5) is 131. The molecular weight excluding hydrogens is 921 g/mol. The maximum Gasteiger partial charge on any atom is 0.329 e. The third-order valence-corrected chi connectivity index (χ3v) is 13.2. The normalized spacial score (nSPS) is 27.0. The number of likely N-dealkylation sites (tertiary alicyclic amines) is 1. The maximum atomic E-state index is 14.7. The van der Waals surface area contributed by atoms with Crippen molar-refractivity contribution >= 4 is 53.2 Å². The Hall–Kier alpha value is -6.45. The average molecular weight is 991 g/mol. The third-order valence-electron chi connectivity index (χ3n) is 13.2. The summed E-state index contributed by atoms with van der Waals surface area (Å²) in [5, 5.41) is 45.8. The van der Waals surface area contributed by atoms with Crippen molar-refractivity contribution in [3.63, 3.8) is 0 Å². The molecule has 0 radical (unpaired) electrons. The van der Waals surface area contributed by atoms with Crippen LogP contribution >= 0.6 is 0 Å². The van der Waals surface area contributed by atoms with Gasteiger partial charge in [-0.2, -0.15) is 0 Å². The summed E-state index contributed by atoms with van der Waals surface area (Å²) < 4.78 is 5.87. The van der Waals surface area contributed by atoms with Crippen LogP contribution < -0.4 is 26.6 Å². The number of esters is 1. The number of benzene rings is 2. The van der Waals surface area contributed by atoms with E-state index in [1.807, 2.05) is 6.92 Å². The number of carbonyl (C=O) groups excluding carboxylic acids is 9. The van der Waals surface area contributed by atoms with Crippen LogP contribution in [0.25, 0.3) is 0 Å². The van der Waals surface area contributed by atoms with Gasteiger partial charge in [-0.15, -0.1) is 0 Å². The minimum Gasteiger partial charge on any atom is -0.458 e. The molecule has 8 N–H and O–H groups in total. The van der Waals surface area contributed by atoms with E-state index in [1.54, 1.807) is 74.5 Å². The Bertz CT molecular complexity index is 2210. The molecule has 0 spiro atoms. The van der Waals surface area contributed by atoms with Gasteiger partial charge in [0.05, 0.1) is 12.7 Å². The molecule has 2 aromatic rings.